The number of hydrogen-bond donors (Lipinski definition) is 1. The summed E-state index contributed by atoms with van der Waals surface area (Å²) in [4.78, 5) is 11.1. The third-order valence-electron chi connectivity index (χ3n) is 2.63. The van der Waals surface area contributed by atoms with Crippen LogP contribution in [0.4, 0.5) is 18.9 Å². The van der Waals surface area contributed by atoms with Crippen molar-refractivity contribution < 1.29 is 35.9 Å². The second-order valence-electron chi connectivity index (χ2n) is 4.28. The molecule has 0 atom stereocenters. The molecule has 0 aliphatic carbocycles. The molecular weight excluding hydrogens is 371 g/mol. The number of thiophene rings is 1. The molecule has 1 heterocycles. The number of carbonyl (C=O) groups is 1. The second-order valence-corrected chi connectivity index (χ2v) is 6.88. The van der Waals surface area contributed by atoms with E-state index in [1.165, 1.54) is 11.4 Å². The quantitative estimate of drug-likeness (QED) is 0.804. The fraction of sp³-hybridized carbons (Fsp3) is 0.154. The lowest BCUT2D eigenvalue weighted by Crippen LogP contribution is -2.18. The van der Waals surface area contributed by atoms with Crippen LogP contribution in [-0.2, 0) is 14.8 Å². The molecular formula is C13H10F3NO5S2. The Morgan fingerprint density at radius 1 is 1.25 bits per heavy atom. The Balaban J connectivity index is 2.30. The molecule has 24 heavy (non-hydrogen) atoms. The van der Waals surface area contributed by atoms with Crippen LogP contribution >= 0.6 is 11.3 Å². The molecule has 0 spiro atoms. The first-order chi connectivity index (χ1) is 11.1. The summed E-state index contributed by atoms with van der Waals surface area (Å²) in [6.07, 6.45) is -4.94. The smallest absolute Gasteiger partial charge is 0.465 e. The summed E-state index contributed by atoms with van der Waals surface area (Å²) in [5.41, 5.74) is -0.0333. The summed E-state index contributed by atoms with van der Waals surface area (Å²) < 4.78 is 71.6. The lowest BCUT2D eigenvalue weighted by Gasteiger charge is -2.11. The number of carbonyl (C=O) groups excluding carboxylic acids is 1. The predicted molar refractivity (Wildman–Crippen MR) is 79.6 cm³/mol. The standard InChI is InChI=1S/C13H10F3NO5S2/c1-21-12(18)11-10(5-6-23-11)17-24(19,20)9-4-2-3-8(7-9)22-13(14,15)16/h2-7,17H,1H3. The first-order valence-electron chi connectivity index (χ1n) is 6.17. The van der Waals surface area contributed by atoms with Crippen molar-refractivity contribution in [2.24, 2.45) is 0 Å². The molecule has 0 saturated heterocycles. The van der Waals surface area contributed by atoms with Crippen LogP contribution in [0.5, 0.6) is 5.75 Å². The third-order valence-corrected chi connectivity index (χ3v) is 4.89. The minimum Gasteiger partial charge on any atom is -0.465 e. The molecule has 0 bridgehead atoms. The molecule has 6 nitrogen and oxygen atoms in total. The van der Waals surface area contributed by atoms with E-state index in [4.69, 9.17) is 0 Å². The molecule has 130 valence electrons. The van der Waals surface area contributed by atoms with Gasteiger partial charge in [-0.05, 0) is 23.6 Å². The Bertz CT molecular complexity index is 845. The SMILES string of the molecule is COC(=O)c1sccc1NS(=O)(=O)c1cccc(OC(F)(F)F)c1. The van der Waals surface area contributed by atoms with Gasteiger partial charge in [0.25, 0.3) is 10.0 Å². The first kappa shape index (κ1) is 18.1. The highest BCUT2D eigenvalue weighted by Crippen LogP contribution is 2.28. The molecule has 1 N–H and O–H groups in total. The van der Waals surface area contributed by atoms with E-state index in [1.54, 1.807) is 0 Å². The number of rotatable bonds is 5. The number of halogens is 3. The van der Waals surface area contributed by atoms with Gasteiger partial charge in [0.15, 0.2) is 0 Å². The summed E-state index contributed by atoms with van der Waals surface area (Å²) in [5.74, 6) is -1.42. The summed E-state index contributed by atoms with van der Waals surface area (Å²) >= 11 is 0.954. The number of sulfonamides is 1. The van der Waals surface area contributed by atoms with Crippen LogP contribution in [0.2, 0.25) is 0 Å². The van der Waals surface area contributed by atoms with Crippen molar-refractivity contribution in [2.75, 3.05) is 11.8 Å². The van der Waals surface area contributed by atoms with E-state index >= 15 is 0 Å². The van der Waals surface area contributed by atoms with Crippen LogP contribution in [-0.4, -0.2) is 27.9 Å². The Labute approximate surface area is 138 Å². The van der Waals surface area contributed by atoms with Crippen LogP contribution in [0.1, 0.15) is 9.67 Å². The van der Waals surface area contributed by atoms with Crippen molar-refractivity contribution in [3.8, 4) is 5.75 Å². The Morgan fingerprint density at radius 2 is 1.96 bits per heavy atom. The number of alkyl halides is 3. The minimum atomic E-state index is -4.94. The molecule has 0 unspecified atom stereocenters. The van der Waals surface area contributed by atoms with Crippen LogP contribution in [0, 0.1) is 0 Å². The molecule has 2 rings (SSSR count). The lowest BCUT2D eigenvalue weighted by molar-refractivity contribution is -0.274. The van der Waals surface area contributed by atoms with Crippen molar-refractivity contribution in [1.82, 2.24) is 0 Å². The van der Waals surface area contributed by atoms with Gasteiger partial charge < -0.3 is 9.47 Å². The maximum atomic E-state index is 12.3. The van der Waals surface area contributed by atoms with E-state index in [-0.39, 0.29) is 10.6 Å². The number of anilines is 1. The molecule has 11 heteroatoms. The summed E-state index contributed by atoms with van der Waals surface area (Å²) in [7, 11) is -3.09. The normalized spacial score (nSPS) is 11.8. The van der Waals surface area contributed by atoms with Gasteiger partial charge in [-0.25, -0.2) is 13.2 Å². The van der Waals surface area contributed by atoms with Gasteiger partial charge >= 0.3 is 12.3 Å². The number of hydrogen-bond acceptors (Lipinski definition) is 6. The van der Waals surface area contributed by atoms with Crippen LogP contribution in [0.3, 0.4) is 0 Å². The van der Waals surface area contributed by atoms with Crippen molar-refractivity contribution in [1.29, 1.82) is 0 Å². The molecule has 0 aliphatic rings. The van der Waals surface area contributed by atoms with Gasteiger partial charge in [-0.2, -0.15) is 0 Å². The fourth-order valence-corrected chi connectivity index (χ4v) is 3.62. The molecule has 0 aliphatic heterocycles. The maximum absolute atomic E-state index is 12.3. The molecule has 1 aromatic heterocycles. The van der Waals surface area contributed by atoms with Gasteiger partial charge in [0.1, 0.15) is 10.6 Å². The van der Waals surface area contributed by atoms with E-state index in [2.05, 4.69) is 14.2 Å². The number of nitrogens with one attached hydrogen (secondary N) is 1. The number of benzene rings is 1. The topological polar surface area (TPSA) is 81.7 Å². The number of esters is 1. The van der Waals surface area contributed by atoms with Crippen molar-refractivity contribution in [2.45, 2.75) is 11.3 Å². The molecule has 0 fully saturated rings. The Morgan fingerprint density at radius 3 is 2.58 bits per heavy atom. The summed E-state index contributed by atoms with van der Waals surface area (Å²) in [6, 6.07) is 5.22. The lowest BCUT2D eigenvalue weighted by atomic mass is 10.3. The fourth-order valence-electron chi connectivity index (χ4n) is 1.68. The van der Waals surface area contributed by atoms with E-state index < -0.39 is 33.0 Å². The maximum Gasteiger partial charge on any atom is 0.573 e. The summed E-state index contributed by atoms with van der Waals surface area (Å²) in [6.45, 7) is 0. The second kappa shape index (κ2) is 6.69. The van der Waals surface area contributed by atoms with Crippen LogP contribution < -0.4 is 9.46 Å². The molecule has 0 saturated carbocycles. The minimum absolute atomic E-state index is 0.0174. The van der Waals surface area contributed by atoms with Gasteiger partial charge in [-0.3, -0.25) is 4.72 Å². The zero-order chi connectivity index (χ0) is 18.0. The monoisotopic (exact) mass is 381 g/mol. The third kappa shape index (κ3) is 4.38. The van der Waals surface area contributed by atoms with Gasteiger partial charge in [0, 0.05) is 6.07 Å². The van der Waals surface area contributed by atoms with Gasteiger partial charge in [0.2, 0.25) is 0 Å². The zero-order valence-corrected chi connectivity index (χ0v) is 13.6. The Kier molecular flexibility index (Phi) is 5.04. The largest absolute Gasteiger partial charge is 0.573 e. The summed E-state index contributed by atoms with van der Waals surface area (Å²) in [5, 5.41) is 1.47. The zero-order valence-electron chi connectivity index (χ0n) is 12.0. The number of ether oxygens (including phenoxy) is 2. The number of methoxy groups -OCH3 is 1. The highest BCUT2D eigenvalue weighted by atomic mass is 32.2. The van der Waals surface area contributed by atoms with E-state index in [0.29, 0.717) is 0 Å². The van der Waals surface area contributed by atoms with Crippen LogP contribution in [0.25, 0.3) is 0 Å². The first-order valence-corrected chi connectivity index (χ1v) is 8.53. The molecule has 1 aromatic carbocycles. The highest BCUT2D eigenvalue weighted by molar-refractivity contribution is 7.92. The predicted octanol–water partition coefficient (Wildman–Crippen LogP) is 3.23. The van der Waals surface area contributed by atoms with Crippen molar-refractivity contribution in [3.63, 3.8) is 0 Å². The van der Waals surface area contributed by atoms with E-state index in [1.807, 2.05) is 0 Å². The van der Waals surface area contributed by atoms with Crippen molar-refractivity contribution >= 4 is 33.0 Å². The van der Waals surface area contributed by atoms with E-state index in [0.717, 1.165) is 42.7 Å². The average molecular weight is 381 g/mol. The molecule has 0 radical (unpaired) electrons. The van der Waals surface area contributed by atoms with Crippen molar-refractivity contribution in [3.05, 3.63) is 40.6 Å². The van der Waals surface area contributed by atoms with Gasteiger partial charge in [-0.15, -0.1) is 24.5 Å². The van der Waals surface area contributed by atoms with Gasteiger partial charge in [0.05, 0.1) is 17.7 Å². The van der Waals surface area contributed by atoms with Gasteiger partial charge in [-0.1, -0.05) is 6.07 Å². The van der Waals surface area contributed by atoms with Crippen LogP contribution in [0.15, 0.2) is 40.6 Å². The highest BCUT2D eigenvalue weighted by Gasteiger charge is 2.31. The molecule has 0 amide bonds. The van der Waals surface area contributed by atoms with E-state index in [9.17, 15) is 26.4 Å². The molecule has 2 aromatic rings. The Hall–Kier alpha value is -2.27. The average Bonchev–Trinajstić information content (AvgIpc) is 2.92.